The van der Waals surface area contributed by atoms with Crippen LogP contribution in [0.4, 0.5) is 0 Å². The van der Waals surface area contributed by atoms with Crippen molar-refractivity contribution >= 4 is 0 Å². The number of hydrogen-bond donors (Lipinski definition) is 1. The van der Waals surface area contributed by atoms with Gasteiger partial charge in [-0.2, -0.15) is 0 Å². The Morgan fingerprint density at radius 3 is 2.59 bits per heavy atom. The number of hydrogen-bond acceptors (Lipinski definition) is 3. The second-order valence-corrected chi connectivity index (χ2v) is 5.30. The van der Waals surface area contributed by atoms with E-state index in [1.807, 2.05) is 7.11 Å². The fourth-order valence-electron chi connectivity index (χ4n) is 2.72. The van der Waals surface area contributed by atoms with Gasteiger partial charge in [0.05, 0.1) is 6.61 Å². The number of methoxy groups -OCH3 is 1. The van der Waals surface area contributed by atoms with E-state index in [0.29, 0.717) is 18.1 Å². The number of ether oxygens (including phenoxy) is 1. The van der Waals surface area contributed by atoms with Crippen LogP contribution >= 0.6 is 0 Å². The van der Waals surface area contributed by atoms with Gasteiger partial charge >= 0.3 is 0 Å². The molecule has 1 N–H and O–H groups in total. The van der Waals surface area contributed by atoms with E-state index in [9.17, 15) is 0 Å². The second kappa shape index (κ2) is 8.06. The zero-order chi connectivity index (χ0) is 12.7. The van der Waals surface area contributed by atoms with Crippen LogP contribution in [0.15, 0.2) is 0 Å². The number of nitrogens with zero attached hydrogens (tertiary/aromatic N) is 1. The van der Waals surface area contributed by atoms with Gasteiger partial charge in [0.15, 0.2) is 0 Å². The Kier molecular flexibility index (Phi) is 7.09. The van der Waals surface area contributed by atoms with E-state index in [4.69, 9.17) is 4.74 Å². The molecule has 1 heterocycles. The van der Waals surface area contributed by atoms with Crippen molar-refractivity contribution in [3.05, 3.63) is 0 Å². The minimum absolute atomic E-state index is 0.600. The van der Waals surface area contributed by atoms with Crippen LogP contribution in [0.1, 0.15) is 46.5 Å². The highest BCUT2D eigenvalue weighted by atomic mass is 16.5. The molecule has 1 aliphatic rings. The summed E-state index contributed by atoms with van der Waals surface area (Å²) in [6, 6.07) is 1.93. The highest BCUT2D eigenvalue weighted by Crippen LogP contribution is 2.13. The number of nitrogens with one attached hydrogen (secondary N) is 1. The van der Waals surface area contributed by atoms with Gasteiger partial charge in [-0.1, -0.05) is 13.8 Å². The van der Waals surface area contributed by atoms with Gasteiger partial charge in [-0.25, -0.2) is 0 Å². The van der Waals surface area contributed by atoms with Gasteiger partial charge < -0.3 is 10.1 Å². The van der Waals surface area contributed by atoms with Crippen molar-refractivity contribution in [2.45, 2.75) is 64.6 Å². The highest BCUT2D eigenvalue weighted by molar-refractivity contribution is 4.80. The Labute approximate surface area is 107 Å². The van der Waals surface area contributed by atoms with Crippen LogP contribution in [0, 0.1) is 0 Å². The van der Waals surface area contributed by atoms with Gasteiger partial charge in [0.1, 0.15) is 0 Å². The van der Waals surface area contributed by atoms with Crippen LogP contribution in [0.3, 0.4) is 0 Å². The molecule has 0 amide bonds. The summed E-state index contributed by atoms with van der Waals surface area (Å²) in [5.74, 6) is 0. The van der Waals surface area contributed by atoms with E-state index in [1.54, 1.807) is 0 Å². The largest absolute Gasteiger partial charge is 0.383 e. The fourth-order valence-corrected chi connectivity index (χ4v) is 2.72. The molecule has 0 aromatic rings. The molecule has 0 aromatic heterocycles. The maximum Gasteiger partial charge on any atom is 0.0617 e. The van der Waals surface area contributed by atoms with Crippen molar-refractivity contribution < 1.29 is 4.74 Å². The molecule has 1 fully saturated rings. The van der Waals surface area contributed by atoms with Gasteiger partial charge in [0.25, 0.3) is 0 Å². The van der Waals surface area contributed by atoms with E-state index in [-0.39, 0.29) is 0 Å². The van der Waals surface area contributed by atoms with Crippen LogP contribution in [-0.4, -0.2) is 49.8 Å². The van der Waals surface area contributed by atoms with Crippen molar-refractivity contribution in [2.75, 3.05) is 26.8 Å². The molecule has 1 saturated heterocycles. The van der Waals surface area contributed by atoms with E-state index in [0.717, 1.165) is 6.61 Å². The third-order valence-electron chi connectivity index (χ3n) is 3.97. The van der Waals surface area contributed by atoms with E-state index in [1.165, 1.54) is 38.8 Å². The second-order valence-electron chi connectivity index (χ2n) is 5.30. The van der Waals surface area contributed by atoms with E-state index >= 15 is 0 Å². The molecule has 0 aromatic carbocycles. The normalized spacial score (nSPS) is 29.6. The molecular formula is C14H30N2O. The molecule has 0 saturated carbocycles. The smallest absolute Gasteiger partial charge is 0.0617 e. The zero-order valence-electron chi connectivity index (χ0n) is 12.0. The lowest BCUT2D eigenvalue weighted by Gasteiger charge is -2.36. The van der Waals surface area contributed by atoms with Crippen molar-refractivity contribution in [1.82, 2.24) is 10.2 Å². The minimum Gasteiger partial charge on any atom is -0.383 e. The predicted molar refractivity (Wildman–Crippen MR) is 73.4 cm³/mol. The number of rotatable bonds is 5. The molecular weight excluding hydrogens is 212 g/mol. The van der Waals surface area contributed by atoms with Crippen LogP contribution < -0.4 is 5.32 Å². The quantitative estimate of drug-likeness (QED) is 0.800. The Bertz CT molecular complexity index is 199. The SMILES string of the molecule is CCC1CCN(C(CC)COC)CCC(C)N1. The van der Waals surface area contributed by atoms with Gasteiger partial charge in [0, 0.05) is 31.8 Å². The average molecular weight is 242 g/mol. The summed E-state index contributed by atoms with van der Waals surface area (Å²) in [5.41, 5.74) is 0. The minimum atomic E-state index is 0.600. The monoisotopic (exact) mass is 242 g/mol. The average Bonchev–Trinajstić information content (AvgIpc) is 2.32. The molecule has 3 nitrogen and oxygen atoms in total. The zero-order valence-corrected chi connectivity index (χ0v) is 12.0. The predicted octanol–water partition coefficient (Wildman–Crippen LogP) is 2.26. The van der Waals surface area contributed by atoms with E-state index in [2.05, 4.69) is 31.0 Å². The lowest BCUT2D eigenvalue weighted by Crippen LogP contribution is -2.48. The van der Waals surface area contributed by atoms with Crippen LogP contribution in [0.25, 0.3) is 0 Å². The van der Waals surface area contributed by atoms with Gasteiger partial charge in [-0.05, 0) is 39.2 Å². The Balaban J connectivity index is 2.53. The van der Waals surface area contributed by atoms with Crippen molar-refractivity contribution in [1.29, 1.82) is 0 Å². The summed E-state index contributed by atoms with van der Waals surface area (Å²) >= 11 is 0. The fraction of sp³-hybridized carbons (Fsp3) is 1.00. The third-order valence-corrected chi connectivity index (χ3v) is 3.97. The van der Waals surface area contributed by atoms with Gasteiger partial charge in [-0.3, -0.25) is 4.90 Å². The van der Waals surface area contributed by atoms with Crippen molar-refractivity contribution in [2.24, 2.45) is 0 Å². The molecule has 3 heteroatoms. The molecule has 0 aliphatic carbocycles. The molecule has 102 valence electrons. The Morgan fingerprint density at radius 2 is 2.00 bits per heavy atom. The molecule has 0 bridgehead atoms. The Hall–Kier alpha value is -0.120. The lowest BCUT2D eigenvalue weighted by molar-refractivity contribution is 0.0758. The molecule has 3 atom stereocenters. The summed E-state index contributed by atoms with van der Waals surface area (Å²) in [4.78, 5) is 2.63. The van der Waals surface area contributed by atoms with Crippen molar-refractivity contribution in [3.8, 4) is 0 Å². The van der Waals surface area contributed by atoms with E-state index < -0.39 is 0 Å². The molecule has 17 heavy (non-hydrogen) atoms. The third kappa shape index (κ3) is 4.94. The first-order valence-corrected chi connectivity index (χ1v) is 7.20. The molecule has 0 radical (unpaired) electrons. The molecule has 1 rings (SSSR count). The van der Waals surface area contributed by atoms with Gasteiger partial charge in [-0.15, -0.1) is 0 Å². The standard InChI is InChI=1S/C14H30N2O/c1-5-13-8-10-16(9-7-12(3)15-13)14(6-2)11-17-4/h12-15H,5-11H2,1-4H3. The first-order valence-electron chi connectivity index (χ1n) is 7.20. The van der Waals surface area contributed by atoms with Crippen LogP contribution in [0.5, 0.6) is 0 Å². The summed E-state index contributed by atoms with van der Waals surface area (Å²) in [7, 11) is 1.81. The molecule has 0 spiro atoms. The first-order chi connectivity index (χ1) is 8.21. The lowest BCUT2D eigenvalue weighted by atomic mass is 10.0. The molecule has 1 aliphatic heterocycles. The Morgan fingerprint density at radius 1 is 1.29 bits per heavy atom. The van der Waals surface area contributed by atoms with Crippen LogP contribution in [0.2, 0.25) is 0 Å². The summed E-state index contributed by atoms with van der Waals surface area (Å²) in [6.45, 7) is 10.1. The first kappa shape index (κ1) is 14.9. The van der Waals surface area contributed by atoms with Crippen molar-refractivity contribution in [3.63, 3.8) is 0 Å². The topological polar surface area (TPSA) is 24.5 Å². The highest BCUT2D eigenvalue weighted by Gasteiger charge is 2.22. The maximum atomic E-state index is 5.34. The summed E-state index contributed by atoms with van der Waals surface area (Å²) in [5, 5.41) is 3.72. The van der Waals surface area contributed by atoms with Crippen LogP contribution in [-0.2, 0) is 4.74 Å². The summed E-state index contributed by atoms with van der Waals surface area (Å²) in [6.07, 6.45) is 4.93. The summed E-state index contributed by atoms with van der Waals surface area (Å²) < 4.78 is 5.34. The maximum absolute atomic E-state index is 5.34. The molecule has 3 unspecified atom stereocenters. The van der Waals surface area contributed by atoms with Gasteiger partial charge in [0.2, 0.25) is 0 Å².